The van der Waals surface area contributed by atoms with E-state index in [0.717, 1.165) is 51.6 Å². The van der Waals surface area contributed by atoms with E-state index in [2.05, 4.69) is 10.2 Å². The van der Waals surface area contributed by atoms with Crippen LogP contribution in [0.2, 0.25) is 0 Å². The Labute approximate surface area is 103 Å². The van der Waals surface area contributed by atoms with Gasteiger partial charge < -0.3 is 10.2 Å². The van der Waals surface area contributed by atoms with Crippen molar-refractivity contribution in [2.24, 2.45) is 5.92 Å². The van der Waals surface area contributed by atoms with Gasteiger partial charge in [-0.2, -0.15) is 0 Å². The molecule has 2 aliphatic rings. The standard InChI is InChI=1S/C13H22N2O2/c1-14-13(17)10-6-8-15(9-7-10)11-2-4-12(16)5-3-11/h10-11H,2-9H2,1H3,(H,14,17). The largest absolute Gasteiger partial charge is 0.359 e. The summed E-state index contributed by atoms with van der Waals surface area (Å²) in [5.74, 6) is 0.798. The molecule has 2 fully saturated rings. The van der Waals surface area contributed by atoms with Gasteiger partial charge >= 0.3 is 0 Å². The van der Waals surface area contributed by atoms with Gasteiger partial charge in [0.2, 0.25) is 5.91 Å². The number of amides is 1. The molecule has 1 saturated heterocycles. The Balaban J connectivity index is 1.79. The summed E-state index contributed by atoms with van der Waals surface area (Å²) in [5, 5.41) is 2.73. The van der Waals surface area contributed by atoms with Crippen LogP contribution in [0.4, 0.5) is 0 Å². The molecule has 4 heteroatoms. The summed E-state index contributed by atoms with van der Waals surface area (Å²) in [6.07, 6.45) is 5.46. The van der Waals surface area contributed by atoms with Crippen molar-refractivity contribution >= 4 is 11.7 Å². The molecule has 0 bridgehead atoms. The van der Waals surface area contributed by atoms with Gasteiger partial charge in [-0.3, -0.25) is 9.59 Å². The quantitative estimate of drug-likeness (QED) is 0.779. The number of carbonyl (C=O) groups is 2. The van der Waals surface area contributed by atoms with Crippen LogP contribution in [-0.4, -0.2) is 42.8 Å². The van der Waals surface area contributed by atoms with E-state index in [1.807, 2.05) is 0 Å². The Bertz CT molecular complexity index is 286. The van der Waals surface area contributed by atoms with Crippen molar-refractivity contribution in [3.05, 3.63) is 0 Å². The van der Waals surface area contributed by atoms with Gasteiger partial charge in [0.05, 0.1) is 0 Å². The molecule has 1 aliphatic heterocycles. The summed E-state index contributed by atoms with van der Waals surface area (Å²) in [4.78, 5) is 25.2. The van der Waals surface area contributed by atoms with Crippen LogP contribution in [-0.2, 0) is 9.59 Å². The molecular formula is C13H22N2O2. The van der Waals surface area contributed by atoms with Crippen LogP contribution in [0.15, 0.2) is 0 Å². The minimum Gasteiger partial charge on any atom is -0.359 e. The van der Waals surface area contributed by atoms with Crippen LogP contribution in [0.25, 0.3) is 0 Å². The van der Waals surface area contributed by atoms with Gasteiger partial charge in [-0.05, 0) is 38.8 Å². The van der Waals surface area contributed by atoms with Crippen molar-refractivity contribution in [1.82, 2.24) is 10.2 Å². The van der Waals surface area contributed by atoms with E-state index in [-0.39, 0.29) is 11.8 Å². The summed E-state index contributed by atoms with van der Waals surface area (Å²) in [5.41, 5.74) is 0. The predicted molar refractivity (Wildman–Crippen MR) is 65.6 cm³/mol. The second-order valence-corrected chi connectivity index (χ2v) is 5.19. The molecule has 0 aromatic rings. The first-order chi connectivity index (χ1) is 8.20. The highest BCUT2D eigenvalue weighted by Gasteiger charge is 2.30. The highest BCUT2D eigenvalue weighted by Crippen LogP contribution is 2.25. The molecule has 2 rings (SSSR count). The molecule has 1 saturated carbocycles. The van der Waals surface area contributed by atoms with Crippen LogP contribution in [0, 0.1) is 5.92 Å². The molecule has 0 atom stereocenters. The number of hydrogen-bond acceptors (Lipinski definition) is 3. The number of hydrogen-bond donors (Lipinski definition) is 1. The third kappa shape index (κ3) is 3.06. The molecule has 1 aliphatic carbocycles. The van der Waals surface area contributed by atoms with Gasteiger partial charge in [-0.25, -0.2) is 0 Å². The lowest BCUT2D eigenvalue weighted by molar-refractivity contribution is -0.126. The molecule has 0 spiro atoms. The van der Waals surface area contributed by atoms with E-state index in [1.54, 1.807) is 7.05 Å². The molecule has 96 valence electrons. The van der Waals surface area contributed by atoms with Gasteiger partial charge in [0.25, 0.3) is 0 Å². The molecule has 0 aromatic carbocycles. The molecule has 0 aromatic heterocycles. The van der Waals surface area contributed by atoms with E-state index >= 15 is 0 Å². The maximum absolute atomic E-state index is 11.5. The van der Waals surface area contributed by atoms with Gasteiger partial charge in [-0.1, -0.05) is 0 Å². The number of rotatable bonds is 2. The fraction of sp³-hybridized carbons (Fsp3) is 0.846. The van der Waals surface area contributed by atoms with E-state index < -0.39 is 0 Å². The lowest BCUT2D eigenvalue weighted by atomic mass is 9.89. The van der Waals surface area contributed by atoms with Crippen molar-refractivity contribution in [3.8, 4) is 0 Å². The predicted octanol–water partition coefficient (Wildman–Crippen LogP) is 0.956. The number of carbonyl (C=O) groups excluding carboxylic acids is 2. The summed E-state index contributed by atoms with van der Waals surface area (Å²) < 4.78 is 0. The van der Waals surface area contributed by atoms with E-state index in [9.17, 15) is 9.59 Å². The minimum atomic E-state index is 0.184. The molecule has 1 N–H and O–H groups in total. The Morgan fingerprint density at radius 3 is 2.29 bits per heavy atom. The number of piperidine rings is 1. The molecule has 4 nitrogen and oxygen atoms in total. The second kappa shape index (κ2) is 5.63. The van der Waals surface area contributed by atoms with E-state index in [4.69, 9.17) is 0 Å². The summed E-state index contributed by atoms with van der Waals surface area (Å²) >= 11 is 0. The Morgan fingerprint density at radius 2 is 1.76 bits per heavy atom. The van der Waals surface area contributed by atoms with Crippen LogP contribution < -0.4 is 5.32 Å². The normalized spacial score (nSPS) is 24.9. The van der Waals surface area contributed by atoms with Crippen molar-refractivity contribution in [1.29, 1.82) is 0 Å². The Hall–Kier alpha value is -0.900. The fourth-order valence-corrected chi connectivity index (χ4v) is 3.02. The summed E-state index contributed by atoms with van der Waals surface area (Å²) in [6.45, 7) is 2.02. The van der Waals surface area contributed by atoms with Crippen molar-refractivity contribution < 1.29 is 9.59 Å². The van der Waals surface area contributed by atoms with Crippen molar-refractivity contribution in [2.45, 2.75) is 44.6 Å². The first-order valence-electron chi connectivity index (χ1n) is 6.68. The van der Waals surface area contributed by atoms with Crippen molar-refractivity contribution in [3.63, 3.8) is 0 Å². The average molecular weight is 238 g/mol. The highest BCUT2D eigenvalue weighted by molar-refractivity contribution is 5.79. The maximum atomic E-state index is 11.5. The number of nitrogens with one attached hydrogen (secondary N) is 1. The van der Waals surface area contributed by atoms with Crippen LogP contribution >= 0.6 is 0 Å². The zero-order valence-electron chi connectivity index (χ0n) is 10.6. The average Bonchev–Trinajstić information content (AvgIpc) is 2.39. The van der Waals surface area contributed by atoms with Crippen LogP contribution in [0.5, 0.6) is 0 Å². The van der Waals surface area contributed by atoms with Crippen molar-refractivity contribution in [2.75, 3.05) is 20.1 Å². The Kier molecular flexibility index (Phi) is 4.15. The van der Waals surface area contributed by atoms with Gasteiger partial charge in [0.1, 0.15) is 5.78 Å². The molecule has 1 amide bonds. The lowest BCUT2D eigenvalue weighted by Gasteiger charge is -2.38. The third-order valence-corrected chi connectivity index (χ3v) is 4.18. The zero-order valence-corrected chi connectivity index (χ0v) is 10.6. The number of likely N-dealkylation sites (tertiary alicyclic amines) is 1. The zero-order chi connectivity index (χ0) is 12.3. The first-order valence-corrected chi connectivity index (χ1v) is 6.68. The molecule has 1 heterocycles. The number of nitrogens with zero attached hydrogens (tertiary/aromatic N) is 1. The molecule has 0 unspecified atom stereocenters. The van der Waals surface area contributed by atoms with E-state index in [1.165, 1.54) is 0 Å². The lowest BCUT2D eigenvalue weighted by Crippen LogP contribution is -2.45. The van der Waals surface area contributed by atoms with Crippen LogP contribution in [0.1, 0.15) is 38.5 Å². The smallest absolute Gasteiger partial charge is 0.222 e. The van der Waals surface area contributed by atoms with Gasteiger partial charge in [0.15, 0.2) is 0 Å². The van der Waals surface area contributed by atoms with E-state index in [0.29, 0.717) is 11.8 Å². The fourth-order valence-electron chi connectivity index (χ4n) is 3.02. The molecule has 17 heavy (non-hydrogen) atoms. The highest BCUT2D eigenvalue weighted by atomic mass is 16.1. The SMILES string of the molecule is CNC(=O)C1CCN(C2CCC(=O)CC2)CC1. The molecular weight excluding hydrogens is 216 g/mol. The topological polar surface area (TPSA) is 49.4 Å². The Morgan fingerprint density at radius 1 is 1.18 bits per heavy atom. The number of ketones is 1. The summed E-state index contributed by atoms with van der Waals surface area (Å²) in [6, 6.07) is 0.582. The first kappa shape index (κ1) is 12.6. The van der Waals surface area contributed by atoms with Gasteiger partial charge in [-0.15, -0.1) is 0 Å². The third-order valence-electron chi connectivity index (χ3n) is 4.18. The monoisotopic (exact) mass is 238 g/mol. The molecule has 0 radical (unpaired) electrons. The van der Waals surface area contributed by atoms with Gasteiger partial charge in [0, 0.05) is 31.8 Å². The minimum absolute atomic E-state index is 0.184. The second-order valence-electron chi connectivity index (χ2n) is 5.19. The summed E-state index contributed by atoms with van der Waals surface area (Å²) in [7, 11) is 1.71. The van der Waals surface area contributed by atoms with Crippen LogP contribution in [0.3, 0.4) is 0 Å². The maximum Gasteiger partial charge on any atom is 0.222 e. The number of Topliss-reactive ketones (excluding diaryl/α,β-unsaturated/α-hetero) is 1.